The number of nitrogens with two attached hydrogens (primary N) is 1. The van der Waals surface area contributed by atoms with Crippen LogP contribution in [0, 0.1) is 5.82 Å². The molecule has 0 saturated carbocycles. The van der Waals surface area contributed by atoms with Crippen molar-refractivity contribution in [3.63, 3.8) is 0 Å². The average Bonchev–Trinajstić information content (AvgIpc) is 3.08. The molecular weight excluding hydrogens is 323 g/mol. The number of aryl methyl sites for hydroxylation is 1. The minimum atomic E-state index is -0.312. The molecule has 1 heterocycles. The summed E-state index contributed by atoms with van der Waals surface area (Å²) in [5.74, 6) is 0.564. The number of nitrogens with zero attached hydrogens (tertiary/aromatic N) is 2. The van der Waals surface area contributed by atoms with Crippen molar-refractivity contribution in [1.82, 2.24) is 15.5 Å². The van der Waals surface area contributed by atoms with E-state index in [0.717, 1.165) is 19.3 Å². The number of hydrogen-bond acceptors (Lipinski definition) is 5. The molecule has 2 rings (SSSR count). The Morgan fingerprint density at radius 2 is 2.08 bits per heavy atom. The van der Waals surface area contributed by atoms with E-state index in [4.69, 9.17) is 10.3 Å². The lowest BCUT2D eigenvalue weighted by atomic mass is 10.1. The van der Waals surface area contributed by atoms with Crippen LogP contribution in [0.3, 0.4) is 0 Å². The van der Waals surface area contributed by atoms with Gasteiger partial charge in [0.15, 0.2) is 0 Å². The molecule has 136 valence electrons. The van der Waals surface area contributed by atoms with E-state index in [9.17, 15) is 9.18 Å². The maximum absolute atomic E-state index is 12.9. The summed E-state index contributed by atoms with van der Waals surface area (Å²) in [4.78, 5) is 16.2. The zero-order chi connectivity index (χ0) is 18.1. The van der Waals surface area contributed by atoms with Gasteiger partial charge in [0.05, 0.1) is 0 Å². The van der Waals surface area contributed by atoms with Crippen molar-refractivity contribution in [2.24, 2.45) is 5.73 Å². The number of amides is 1. The number of rotatable bonds is 10. The molecular formula is C18H25FN4O2. The van der Waals surface area contributed by atoms with E-state index >= 15 is 0 Å². The first-order chi connectivity index (χ1) is 12.1. The molecule has 2 aromatic rings. The van der Waals surface area contributed by atoms with Gasteiger partial charge < -0.3 is 15.6 Å². The van der Waals surface area contributed by atoms with Crippen LogP contribution in [-0.2, 0) is 11.2 Å². The molecule has 0 radical (unpaired) electrons. The highest BCUT2D eigenvalue weighted by Gasteiger charge is 2.12. The molecule has 7 heteroatoms. The van der Waals surface area contributed by atoms with Crippen LogP contribution < -0.4 is 11.1 Å². The molecule has 1 aromatic heterocycles. The molecule has 0 bridgehead atoms. The molecule has 0 aliphatic rings. The lowest BCUT2D eigenvalue weighted by molar-refractivity contribution is -0.121. The van der Waals surface area contributed by atoms with Gasteiger partial charge in [0.2, 0.25) is 17.6 Å². The molecule has 0 spiro atoms. The normalized spacial score (nSPS) is 12.1. The predicted molar refractivity (Wildman–Crippen MR) is 93.1 cm³/mol. The summed E-state index contributed by atoms with van der Waals surface area (Å²) >= 11 is 0. The van der Waals surface area contributed by atoms with Crippen molar-refractivity contribution in [2.75, 3.05) is 6.54 Å². The van der Waals surface area contributed by atoms with Crippen LogP contribution in [-0.4, -0.2) is 28.6 Å². The highest BCUT2D eigenvalue weighted by atomic mass is 19.1. The number of aromatic nitrogens is 2. The van der Waals surface area contributed by atoms with Gasteiger partial charge in [-0.3, -0.25) is 4.79 Å². The Morgan fingerprint density at radius 1 is 1.32 bits per heavy atom. The monoisotopic (exact) mass is 348 g/mol. The lowest BCUT2D eigenvalue weighted by Gasteiger charge is -2.16. The Kier molecular flexibility index (Phi) is 7.53. The van der Waals surface area contributed by atoms with E-state index in [1.165, 1.54) is 12.1 Å². The van der Waals surface area contributed by atoms with Gasteiger partial charge in [-0.2, -0.15) is 4.98 Å². The van der Waals surface area contributed by atoms with E-state index in [2.05, 4.69) is 22.4 Å². The highest BCUT2D eigenvalue weighted by molar-refractivity contribution is 5.76. The Balaban J connectivity index is 1.76. The van der Waals surface area contributed by atoms with E-state index in [1.54, 1.807) is 12.1 Å². The summed E-state index contributed by atoms with van der Waals surface area (Å²) in [7, 11) is 0. The smallest absolute Gasteiger partial charge is 0.226 e. The van der Waals surface area contributed by atoms with Gasteiger partial charge >= 0.3 is 0 Å². The molecule has 0 saturated heterocycles. The largest absolute Gasteiger partial charge is 0.352 e. The molecule has 1 amide bonds. The van der Waals surface area contributed by atoms with E-state index in [1.807, 2.05) is 0 Å². The van der Waals surface area contributed by atoms with Gasteiger partial charge in [-0.05, 0) is 37.1 Å². The van der Waals surface area contributed by atoms with Gasteiger partial charge in [0.1, 0.15) is 5.82 Å². The molecule has 6 nitrogen and oxygen atoms in total. The highest BCUT2D eigenvalue weighted by Crippen LogP contribution is 2.16. The van der Waals surface area contributed by atoms with Crippen LogP contribution in [0.2, 0.25) is 0 Å². The van der Waals surface area contributed by atoms with Crippen LogP contribution in [0.1, 0.15) is 44.9 Å². The summed E-state index contributed by atoms with van der Waals surface area (Å²) in [6.07, 6.45) is 4.56. The van der Waals surface area contributed by atoms with Crippen molar-refractivity contribution < 1.29 is 13.7 Å². The van der Waals surface area contributed by atoms with Gasteiger partial charge in [0, 0.05) is 31.0 Å². The van der Waals surface area contributed by atoms with Crippen molar-refractivity contribution in [3.8, 4) is 11.4 Å². The maximum atomic E-state index is 12.9. The second-order valence-electron chi connectivity index (χ2n) is 6.01. The first kappa shape index (κ1) is 19.1. The van der Waals surface area contributed by atoms with Crippen molar-refractivity contribution in [3.05, 3.63) is 36.0 Å². The van der Waals surface area contributed by atoms with Gasteiger partial charge in [-0.25, -0.2) is 4.39 Å². The van der Waals surface area contributed by atoms with E-state index < -0.39 is 0 Å². The average molecular weight is 348 g/mol. The first-order valence-corrected chi connectivity index (χ1v) is 8.70. The standard InChI is InChI=1S/C18H25FN4O2/c1-2-3-5-15(12-20)21-16(24)6-4-7-17-22-18(23-25-17)13-8-10-14(19)11-9-13/h8-11,15H,2-7,12,20H2,1H3,(H,21,24). The number of unbranched alkanes of at least 4 members (excludes halogenated alkanes) is 1. The first-order valence-electron chi connectivity index (χ1n) is 8.70. The van der Waals surface area contributed by atoms with Gasteiger partial charge in [0.25, 0.3) is 0 Å². The number of hydrogen-bond donors (Lipinski definition) is 2. The van der Waals surface area contributed by atoms with Crippen LogP contribution in [0.25, 0.3) is 11.4 Å². The molecule has 3 N–H and O–H groups in total. The fourth-order valence-electron chi connectivity index (χ4n) is 2.47. The van der Waals surface area contributed by atoms with Crippen LogP contribution >= 0.6 is 0 Å². The number of carbonyl (C=O) groups excluding carboxylic acids is 1. The van der Waals surface area contributed by atoms with Gasteiger partial charge in [-0.15, -0.1) is 0 Å². The van der Waals surface area contributed by atoms with Crippen molar-refractivity contribution in [1.29, 1.82) is 0 Å². The summed E-state index contributed by atoms with van der Waals surface area (Å²) in [5, 5.41) is 6.84. The van der Waals surface area contributed by atoms with Crippen molar-refractivity contribution in [2.45, 2.75) is 51.5 Å². The molecule has 1 aromatic carbocycles. The molecule has 25 heavy (non-hydrogen) atoms. The fraction of sp³-hybridized carbons (Fsp3) is 0.500. The fourth-order valence-corrected chi connectivity index (χ4v) is 2.47. The molecule has 1 atom stereocenters. The quantitative estimate of drug-likeness (QED) is 0.688. The van der Waals surface area contributed by atoms with Crippen LogP contribution in [0.15, 0.2) is 28.8 Å². The molecule has 0 aliphatic heterocycles. The third kappa shape index (κ3) is 6.26. The molecule has 1 unspecified atom stereocenters. The van der Waals surface area contributed by atoms with Crippen molar-refractivity contribution >= 4 is 5.91 Å². The maximum Gasteiger partial charge on any atom is 0.226 e. The molecule has 0 fully saturated rings. The topological polar surface area (TPSA) is 94.0 Å². The SMILES string of the molecule is CCCCC(CN)NC(=O)CCCc1nc(-c2ccc(F)cc2)no1. The predicted octanol–water partition coefficient (Wildman–Crippen LogP) is 2.83. The summed E-state index contributed by atoms with van der Waals surface area (Å²) in [6, 6.07) is 5.94. The van der Waals surface area contributed by atoms with Crippen LogP contribution in [0.5, 0.6) is 0 Å². The third-order valence-electron chi connectivity index (χ3n) is 3.92. The number of benzene rings is 1. The Labute approximate surface area is 147 Å². The Bertz CT molecular complexity index is 657. The van der Waals surface area contributed by atoms with E-state index in [0.29, 0.717) is 43.1 Å². The Hall–Kier alpha value is -2.28. The number of halogens is 1. The third-order valence-corrected chi connectivity index (χ3v) is 3.92. The van der Waals surface area contributed by atoms with Gasteiger partial charge in [-0.1, -0.05) is 24.9 Å². The molecule has 0 aliphatic carbocycles. The summed E-state index contributed by atoms with van der Waals surface area (Å²) in [5.41, 5.74) is 6.37. The van der Waals surface area contributed by atoms with E-state index in [-0.39, 0.29) is 17.8 Å². The number of carbonyl (C=O) groups is 1. The summed E-state index contributed by atoms with van der Waals surface area (Å²) in [6.45, 7) is 2.57. The number of nitrogens with one attached hydrogen (secondary N) is 1. The zero-order valence-corrected chi connectivity index (χ0v) is 14.5. The minimum Gasteiger partial charge on any atom is -0.352 e. The minimum absolute atomic E-state index is 0.00942. The second-order valence-corrected chi connectivity index (χ2v) is 6.01. The summed E-state index contributed by atoms with van der Waals surface area (Å²) < 4.78 is 18.1. The van der Waals surface area contributed by atoms with Crippen LogP contribution in [0.4, 0.5) is 4.39 Å². The zero-order valence-electron chi connectivity index (χ0n) is 14.5. The Morgan fingerprint density at radius 3 is 2.76 bits per heavy atom. The second kappa shape index (κ2) is 9.88. The lowest BCUT2D eigenvalue weighted by Crippen LogP contribution is -2.40.